The molecular formula is C23H29ClN2O2. The maximum absolute atomic E-state index is 12.2. The lowest BCUT2D eigenvalue weighted by Gasteiger charge is -2.48. The molecule has 0 unspecified atom stereocenters. The van der Waals surface area contributed by atoms with Crippen molar-refractivity contribution < 1.29 is 9.90 Å². The van der Waals surface area contributed by atoms with Gasteiger partial charge in [-0.05, 0) is 62.6 Å². The molecule has 1 aliphatic rings. The molecule has 1 N–H and O–H groups in total. The molecule has 28 heavy (non-hydrogen) atoms. The summed E-state index contributed by atoms with van der Waals surface area (Å²) in [5, 5.41) is 17.5. The molecule has 3 rings (SSSR count). The van der Waals surface area contributed by atoms with Crippen LogP contribution in [0.5, 0.6) is 5.75 Å². The number of hydrogen-bond acceptors (Lipinski definition) is 3. The molecule has 5 heteroatoms. The number of phenols is 1. The molecule has 0 bridgehead atoms. The molecule has 4 nitrogen and oxygen atoms in total. The Kier molecular flexibility index (Phi) is 9.02. The SMILES string of the molecule is CC.CCc1ccc(C(=O)N2CCC2(C)C)cc1.N#Cc1ccc(O)cc1Cl. The number of nitriles is 1. The zero-order valence-electron chi connectivity index (χ0n) is 17.3. The van der Waals surface area contributed by atoms with Crippen LogP contribution in [-0.4, -0.2) is 28.0 Å². The Morgan fingerprint density at radius 1 is 1.21 bits per heavy atom. The molecule has 0 aromatic heterocycles. The fourth-order valence-electron chi connectivity index (χ4n) is 2.68. The number of rotatable bonds is 2. The summed E-state index contributed by atoms with van der Waals surface area (Å²) in [6, 6.07) is 14.1. The molecule has 1 fully saturated rings. The van der Waals surface area contributed by atoms with E-state index in [1.54, 1.807) is 0 Å². The third kappa shape index (κ3) is 6.00. The Hall–Kier alpha value is -2.51. The van der Waals surface area contributed by atoms with E-state index in [-0.39, 0.29) is 22.2 Å². The number of carbonyl (C=O) groups excluding carboxylic acids is 1. The first-order valence-corrected chi connectivity index (χ1v) is 9.96. The average Bonchev–Trinajstić information content (AvgIpc) is 2.69. The van der Waals surface area contributed by atoms with Gasteiger partial charge in [0.25, 0.3) is 5.91 Å². The molecule has 2 aromatic rings. The Balaban J connectivity index is 0.000000281. The van der Waals surface area contributed by atoms with Crippen LogP contribution in [0, 0.1) is 11.3 Å². The van der Waals surface area contributed by atoms with Gasteiger partial charge in [-0.15, -0.1) is 0 Å². The second-order valence-electron chi connectivity index (χ2n) is 6.85. The highest BCUT2D eigenvalue weighted by Gasteiger charge is 2.39. The molecule has 1 aliphatic heterocycles. The Morgan fingerprint density at radius 3 is 2.21 bits per heavy atom. The van der Waals surface area contributed by atoms with E-state index in [1.807, 2.05) is 49.1 Å². The van der Waals surface area contributed by atoms with Gasteiger partial charge in [0.15, 0.2) is 0 Å². The minimum absolute atomic E-state index is 0.0422. The van der Waals surface area contributed by atoms with Gasteiger partial charge in [0.1, 0.15) is 11.8 Å². The van der Waals surface area contributed by atoms with E-state index in [2.05, 4.69) is 20.8 Å². The summed E-state index contributed by atoms with van der Waals surface area (Å²) < 4.78 is 0. The van der Waals surface area contributed by atoms with Crippen molar-refractivity contribution in [2.75, 3.05) is 6.54 Å². The normalized spacial score (nSPS) is 13.7. The molecule has 0 atom stereocenters. The van der Waals surface area contributed by atoms with Crippen molar-refractivity contribution in [2.45, 2.75) is 53.0 Å². The maximum atomic E-state index is 12.2. The summed E-state index contributed by atoms with van der Waals surface area (Å²) in [7, 11) is 0. The predicted molar refractivity (Wildman–Crippen MR) is 115 cm³/mol. The fraction of sp³-hybridized carbons (Fsp3) is 0.391. The average molecular weight is 401 g/mol. The van der Waals surface area contributed by atoms with E-state index >= 15 is 0 Å². The van der Waals surface area contributed by atoms with E-state index in [1.165, 1.54) is 23.8 Å². The van der Waals surface area contributed by atoms with Crippen LogP contribution >= 0.6 is 11.6 Å². The highest BCUT2D eigenvalue weighted by molar-refractivity contribution is 6.31. The molecule has 0 saturated carbocycles. The van der Waals surface area contributed by atoms with Gasteiger partial charge in [0, 0.05) is 17.6 Å². The van der Waals surface area contributed by atoms with E-state index < -0.39 is 0 Å². The maximum Gasteiger partial charge on any atom is 0.254 e. The molecule has 0 aliphatic carbocycles. The Labute approximate surface area is 173 Å². The van der Waals surface area contributed by atoms with Crippen LogP contribution in [0.1, 0.15) is 62.5 Å². The number of halogens is 1. The Bertz CT molecular complexity index is 823. The lowest BCUT2D eigenvalue weighted by molar-refractivity contribution is 0.0157. The smallest absolute Gasteiger partial charge is 0.254 e. The number of benzene rings is 2. The minimum Gasteiger partial charge on any atom is -0.508 e. The van der Waals surface area contributed by atoms with Crippen LogP contribution in [0.2, 0.25) is 5.02 Å². The quantitative estimate of drug-likeness (QED) is 0.690. The van der Waals surface area contributed by atoms with Crippen molar-refractivity contribution in [1.29, 1.82) is 5.26 Å². The van der Waals surface area contributed by atoms with Gasteiger partial charge < -0.3 is 10.0 Å². The monoisotopic (exact) mass is 400 g/mol. The van der Waals surface area contributed by atoms with Crippen molar-refractivity contribution in [2.24, 2.45) is 0 Å². The third-order valence-corrected chi connectivity index (χ3v) is 4.92. The summed E-state index contributed by atoms with van der Waals surface area (Å²) >= 11 is 5.55. The van der Waals surface area contributed by atoms with Gasteiger partial charge in [0.05, 0.1) is 10.6 Å². The predicted octanol–water partition coefficient (Wildman–Crippen LogP) is 5.82. The molecule has 1 saturated heterocycles. The van der Waals surface area contributed by atoms with Crippen LogP contribution < -0.4 is 0 Å². The van der Waals surface area contributed by atoms with Crippen LogP contribution in [-0.2, 0) is 6.42 Å². The first-order chi connectivity index (χ1) is 13.3. The lowest BCUT2D eigenvalue weighted by atomic mass is 9.88. The van der Waals surface area contributed by atoms with Crippen molar-refractivity contribution in [1.82, 2.24) is 4.90 Å². The van der Waals surface area contributed by atoms with Crippen molar-refractivity contribution in [3.05, 3.63) is 64.2 Å². The number of likely N-dealkylation sites (tertiary alicyclic amines) is 1. The standard InChI is InChI=1S/C14H19NO.C7H4ClNO.C2H6/c1-4-11-5-7-12(8-6-11)13(16)15-10-9-14(15,2)3;8-7-3-6(10)2-1-5(7)4-9;1-2/h5-8H,4,9-10H2,1-3H3;1-3,10H;1-2H3. The van der Waals surface area contributed by atoms with Crippen LogP contribution in [0.15, 0.2) is 42.5 Å². The second-order valence-corrected chi connectivity index (χ2v) is 7.25. The topological polar surface area (TPSA) is 64.3 Å². The number of aromatic hydroxyl groups is 1. The largest absolute Gasteiger partial charge is 0.508 e. The van der Waals surface area contributed by atoms with E-state index in [0.29, 0.717) is 5.56 Å². The first-order valence-electron chi connectivity index (χ1n) is 9.58. The first kappa shape index (κ1) is 23.5. The number of nitrogens with zero attached hydrogens (tertiary/aromatic N) is 2. The molecular weight excluding hydrogens is 372 g/mol. The van der Waals surface area contributed by atoms with Crippen molar-refractivity contribution >= 4 is 17.5 Å². The van der Waals surface area contributed by atoms with E-state index in [9.17, 15) is 4.79 Å². The van der Waals surface area contributed by atoms with Gasteiger partial charge in [-0.1, -0.05) is 44.5 Å². The van der Waals surface area contributed by atoms with E-state index in [0.717, 1.165) is 24.9 Å². The summed E-state index contributed by atoms with van der Waals surface area (Å²) in [6.45, 7) is 11.3. The van der Waals surface area contributed by atoms with Crippen LogP contribution in [0.3, 0.4) is 0 Å². The third-order valence-electron chi connectivity index (χ3n) is 4.61. The number of aryl methyl sites for hydroxylation is 1. The van der Waals surface area contributed by atoms with Gasteiger partial charge >= 0.3 is 0 Å². The summed E-state index contributed by atoms with van der Waals surface area (Å²) in [5.41, 5.74) is 2.50. The zero-order chi connectivity index (χ0) is 21.3. The summed E-state index contributed by atoms with van der Waals surface area (Å²) in [4.78, 5) is 14.1. The van der Waals surface area contributed by atoms with Crippen LogP contribution in [0.25, 0.3) is 0 Å². The number of amides is 1. The van der Waals surface area contributed by atoms with Crippen molar-refractivity contribution in [3.8, 4) is 11.8 Å². The molecule has 1 heterocycles. The number of hydrogen-bond donors (Lipinski definition) is 1. The van der Waals surface area contributed by atoms with Gasteiger partial charge in [-0.3, -0.25) is 4.79 Å². The van der Waals surface area contributed by atoms with Gasteiger partial charge in [0.2, 0.25) is 0 Å². The molecule has 150 valence electrons. The molecule has 0 radical (unpaired) electrons. The molecule has 2 aromatic carbocycles. The van der Waals surface area contributed by atoms with E-state index in [4.69, 9.17) is 22.0 Å². The summed E-state index contributed by atoms with van der Waals surface area (Å²) in [6.07, 6.45) is 2.12. The zero-order valence-corrected chi connectivity index (χ0v) is 18.0. The minimum atomic E-state index is 0.0422. The lowest BCUT2D eigenvalue weighted by Crippen LogP contribution is -2.58. The number of phenolic OH excluding ortho intramolecular Hbond substituents is 1. The van der Waals surface area contributed by atoms with Gasteiger partial charge in [-0.25, -0.2) is 0 Å². The second kappa shape index (κ2) is 10.7. The highest BCUT2D eigenvalue weighted by Crippen LogP contribution is 2.31. The highest BCUT2D eigenvalue weighted by atomic mass is 35.5. The number of carbonyl (C=O) groups is 1. The fourth-order valence-corrected chi connectivity index (χ4v) is 2.90. The van der Waals surface area contributed by atoms with Gasteiger partial charge in [-0.2, -0.15) is 5.26 Å². The van der Waals surface area contributed by atoms with Crippen molar-refractivity contribution in [3.63, 3.8) is 0 Å². The summed E-state index contributed by atoms with van der Waals surface area (Å²) in [5.74, 6) is 0.239. The Morgan fingerprint density at radius 2 is 1.82 bits per heavy atom. The molecule has 0 spiro atoms. The van der Waals surface area contributed by atoms with Crippen LogP contribution in [0.4, 0.5) is 0 Å². The molecule has 1 amide bonds.